The molecule has 0 fully saturated rings. The van der Waals surface area contributed by atoms with Gasteiger partial charge in [0.15, 0.2) is 0 Å². The number of rotatable bonds is 1. The maximum atomic E-state index is 2.32. The molecule has 0 saturated carbocycles. The van der Waals surface area contributed by atoms with Gasteiger partial charge in [0, 0.05) is 18.4 Å². The molecule has 0 unspecified atom stereocenters. The van der Waals surface area contributed by atoms with E-state index >= 15 is 0 Å². The van der Waals surface area contributed by atoms with Crippen LogP contribution in [0.15, 0.2) is 36.0 Å². The maximum Gasteiger partial charge on any atom is 0.0441 e. The van der Waals surface area contributed by atoms with Crippen molar-refractivity contribution in [1.29, 1.82) is 0 Å². The number of fused-ring (bicyclic) bond motifs is 1. The summed E-state index contributed by atoms with van der Waals surface area (Å²) in [5.41, 5.74) is 4.22. The Morgan fingerprint density at radius 3 is 2.85 bits per heavy atom. The Labute approximate surface area is 79.7 Å². The summed E-state index contributed by atoms with van der Waals surface area (Å²) in [6, 6.07) is 8.61. The van der Waals surface area contributed by atoms with Crippen molar-refractivity contribution in [2.24, 2.45) is 0 Å². The number of hydrogen-bond donors (Lipinski definition) is 0. The van der Waals surface area contributed by atoms with Gasteiger partial charge < -0.3 is 4.90 Å². The van der Waals surface area contributed by atoms with Gasteiger partial charge in [0.2, 0.25) is 0 Å². The molecule has 2 rings (SSSR count). The summed E-state index contributed by atoms with van der Waals surface area (Å²) < 4.78 is 0. The van der Waals surface area contributed by atoms with Crippen molar-refractivity contribution in [2.75, 3.05) is 11.9 Å². The lowest BCUT2D eigenvalue weighted by molar-refractivity contribution is 0.928. The molecule has 0 atom stereocenters. The lowest BCUT2D eigenvalue weighted by Crippen LogP contribution is -2.20. The second kappa shape index (κ2) is 3.25. The van der Waals surface area contributed by atoms with Gasteiger partial charge in [-0.05, 0) is 24.5 Å². The standard InChI is InChI=1S/C12H15N/c1-3-11-9-8-10-6-4-5-7-12(10)13(11)2/h4-7,9H,3,8H2,1-2H3. The molecule has 68 valence electrons. The smallest absolute Gasteiger partial charge is 0.0441 e. The third-order valence-corrected chi connectivity index (χ3v) is 2.70. The fraction of sp³-hybridized carbons (Fsp3) is 0.333. The van der Waals surface area contributed by atoms with Crippen LogP contribution in [0.25, 0.3) is 0 Å². The molecule has 0 aliphatic carbocycles. The summed E-state index contributed by atoms with van der Waals surface area (Å²) in [6.45, 7) is 2.20. The van der Waals surface area contributed by atoms with Gasteiger partial charge in [-0.3, -0.25) is 0 Å². The van der Waals surface area contributed by atoms with E-state index in [4.69, 9.17) is 0 Å². The van der Waals surface area contributed by atoms with E-state index in [2.05, 4.69) is 49.2 Å². The lowest BCUT2D eigenvalue weighted by atomic mass is 10.0. The van der Waals surface area contributed by atoms with Gasteiger partial charge in [-0.1, -0.05) is 31.2 Å². The van der Waals surface area contributed by atoms with E-state index in [1.165, 1.54) is 16.9 Å². The van der Waals surface area contributed by atoms with Crippen LogP contribution in [-0.4, -0.2) is 7.05 Å². The Morgan fingerprint density at radius 2 is 2.08 bits per heavy atom. The van der Waals surface area contributed by atoms with Crippen LogP contribution < -0.4 is 4.90 Å². The van der Waals surface area contributed by atoms with Crippen molar-refractivity contribution in [3.05, 3.63) is 41.6 Å². The van der Waals surface area contributed by atoms with E-state index in [0.29, 0.717) is 0 Å². The number of hydrogen-bond acceptors (Lipinski definition) is 1. The number of benzene rings is 1. The van der Waals surface area contributed by atoms with E-state index in [0.717, 1.165) is 12.8 Å². The number of nitrogens with zero attached hydrogens (tertiary/aromatic N) is 1. The first-order valence-corrected chi connectivity index (χ1v) is 4.83. The van der Waals surface area contributed by atoms with Crippen LogP contribution in [0.5, 0.6) is 0 Å². The summed E-state index contributed by atoms with van der Waals surface area (Å²) in [5, 5.41) is 0. The van der Waals surface area contributed by atoms with Crippen molar-refractivity contribution in [3.8, 4) is 0 Å². The zero-order chi connectivity index (χ0) is 9.26. The first-order valence-electron chi connectivity index (χ1n) is 4.83. The largest absolute Gasteiger partial charge is 0.348 e. The van der Waals surface area contributed by atoms with E-state index < -0.39 is 0 Å². The van der Waals surface area contributed by atoms with Crippen LogP contribution in [0.4, 0.5) is 5.69 Å². The molecule has 1 nitrogen and oxygen atoms in total. The van der Waals surface area contributed by atoms with Crippen LogP contribution in [0.1, 0.15) is 18.9 Å². The average molecular weight is 173 g/mol. The first-order chi connectivity index (χ1) is 6.33. The monoisotopic (exact) mass is 173 g/mol. The van der Waals surface area contributed by atoms with Gasteiger partial charge in [0.25, 0.3) is 0 Å². The SMILES string of the molecule is CCC1=CCc2ccccc2N1C. The normalized spacial score (nSPS) is 15.2. The summed E-state index contributed by atoms with van der Waals surface area (Å²) in [5.74, 6) is 0. The fourth-order valence-electron chi connectivity index (χ4n) is 1.91. The highest BCUT2D eigenvalue weighted by molar-refractivity contribution is 5.60. The average Bonchev–Trinajstić information content (AvgIpc) is 2.19. The molecule has 0 amide bonds. The third kappa shape index (κ3) is 1.35. The molecule has 1 heteroatoms. The molecule has 0 radical (unpaired) electrons. The number of allylic oxidation sites excluding steroid dienone is 2. The number of anilines is 1. The summed E-state index contributed by atoms with van der Waals surface area (Å²) >= 11 is 0. The summed E-state index contributed by atoms with van der Waals surface area (Å²) in [6.07, 6.45) is 4.52. The minimum Gasteiger partial charge on any atom is -0.348 e. The van der Waals surface area contributed by atoms with Crippen LogP contribution in [0.2, 0.25) is 0 Å². The predicted molar refractivity (Wildman–Crippen MR) is 56.9 cm³/mol. The van der Waals surface area contributed by atoms with E-state index in [1.807, 2.05) is 0 Å². The highest BCUT2D eigenvalue weighted by Crippen LogP contribution is 2.28. The number of para-hydroxylation sites is 1. The van der Waals surface area contributed by atoms with Gasteiger partial charge in [-0.15, -0.1) is 0 Å². The third-order valence-electron chi connectivity index (χ3n) is 2.70. The van der Waals surface area contributed by atoms with E-state index in [-0.39, 0.29) is 0 Å². The Balaban J connectivity index is 2.41. The zero-order valence-corrected chi connectivity index (χ0v) is 8.25. The van der Waals surface area contributed by atoms with Crippen molar-refractivity contribution in [3.63, 3.8) is 0 Å². The molecule has 0 aromatic heterocycles. The Kier molecular flexibility index (Phi) is 2.09. The Bertz CT molecular complexity index is 339. The van der Waals surface area contributed by atoms with Gasteiger partial charge in [-0.25, -0.2) is 0 Å². The fourth-order valence-corrected chi connectivity index (χ4v) is 1.91. The zero-order valence-electron chi connectivity index (χ0n) is 8.25. The lowest BCUT2D eigenvalue weighted by Gasteiger charge is -2.28. The van der Waals surface area contributed by atoms with Gasteiger partial charge in [0.05, 0.1) is 0 Å². The van der Waals surface area contributed by atoms with E-state index in [9.17, 15) is 0 Å². The molecule has 1 aliphatic rings. The molecule has 1 heterocycles. The maximum absolute atomic E-state index is 2.32. The quantitative estimate of drug-likeness (QED) is 0.631. The Morgan fingerprint density at radius 1 is 1.31 bits per heavy atom. The highest BCUT2D eigenvalue weighted by Gasteiger charge is 2.13. The van der Waals surface area contributed by atoms with Gasteiger partial charge in [-0.2, -0.15) is 0 Å². The van der Waals surface area contributed by atoms with Crippen LogP contribution >= 0.6 is 0 Å². The molecular formula is C12H15N. The topological polar surface area (TPSA) is 3.24 Å². The van der Waals surface area contributed by atoms with Gasteiger partial charge >= 0.3 is 0 Å². The molecule has 0 spiro atoms. The first kappa shape index (κ1) is 8.36. The molecule has 13 heavy (non-hydrogen) atoms. The molecule has 0 N–H and O–H groups in total. The van der Waals surface area contributed by atoms with Gasteiger partial charge in [0.1, 0.15) is 0 Å². The minimum absolute atomic E-state index is 1.09. The van der Waals surface area contributed by atoms with Crippen molar-refractivity contribution in [1.82, 2.24) is 0 Å². The highest BCUT2D eigenvalue weighted by atomic mass is 15.1. The van der Waals surface area contributed by atoms with Crippen molar-refractivity contribution >= 4 is 5.69 Å². The second-order valence-electron chi connectivity index (χ2n) is 3.44. The van der Waals surface area contributed by atoms with Crippen LogP contribution in [0, 0.1) is 0 Å². The molecule has 1 aliphatic heterocycles. The predicted octanol–water partition coefficient (Wildman–Crippen LogP) is 2.97. The summed E-state index contributed by atoms with van der Waals surface area (Å²) in [4.78, 5) is 2.29. The van der Waals surface area contributed by atoms with Crippen LogP contribution in [-0.2, 0) is 6.42 Å². The van der Waals surface area contributed by atoms with Crippen molar-refractivity contribution < 1.29 is 0 Å². The van der Waals surface area contributed by atoms with Crippen molar-refractivity contribution in [2.45, 2.75) is 19.8 Å². The van der Waals surface area contributed by atoms with Crippen LogP contribution in [0.3, 0.4) is 0 Å². The minimum atomic E-state index is 1.09. The molecule has 1 aromatic rings. The second-order valence-corrected chi connectivity index (χ2v) is 3.44. The molecular weight excluding hydrogens is 158 g/mol. The van der Waals surface area contributed by atoms with E-state index in [1.54, 1.807) is 0 Å². The molecule has 0 saturated heterocycles. The Hall–Kier alpha value is -1.24. The molecule has 1 aromatic carbocycles. The summed E-state index contributed by atoms with van der Waals surface area (Å²) in [7, 11) is 2.15. The molecule has 0 bridgehead atoms.